The highest BCUT2D eigenvalue weighted by Gasteiger charge is 2.26. The Kier molecular flexibility index (Phi) is 7.69. The van der Waals surface area contributed by atoms with E-state index in [2.05, 4.69) is 9.97 Å². The summed E-state index contributed by atoms with van der Waals surface area (Å²) in [4.78, 5) is 16.8. The summed E-state index contributed by atoms with van der Waals surface area (Å²) in [6, 6.07) is 25.5. The Morgan fingerprint density at radius 1 is 0.375 bits per heavy atom. The highest BCUT2D eigenvalue weighted by Crippen LogP contribution is 2.48. The molecule has 274 valence electrons. The number of hydrogen-bond donors (Lipinski definition) is 10. The van der Waals surface area contributed by atoms with Gasteiger partial charge in [0.2, 0.25) is 0 Å². The smallest absolute Gasteiger partial charge is 0.119 e. The number of benzene rings is 4. The molecule has 0 atom stereocenters. The second kappa shape index (κ2) is 12.8. The molecule has 0 fully saturated rings. The number of aromatic nitrogens is 4. The van der Waals surface area contributed by atoms with Crippen LogP contribution >= 0.6 is 0 Å². The van der Waals surface area contributed by atoms with Gasteiger partial charge in [-0.3, -0.25) is 0 Å². The summed E-state index contributed by atoms with van der Waals surface area (Å²) in [6.07, 6.45) is 5.43. The molecule has 12 heteroatoms. The van der Waals surface area contributed by atoms with Crippen molar-refractivity contribution in [2.24, 2.45) is 0 Å². The van der Waals surface area contributed by atoms with Gasteiger partial charge in [0.25, 0.3) is 0 Å². The van der Waals surface area contributed by atoms with Gasteiger partial charge < -0.3 is 50.8 Å². The maximum absolute atomic E-state index is 10.9. The number of aromatic amines is 2. The molecular weight excluding hydrogens is 713 g/mol. The lowest BCUT2D eigenvalue weighted by atomic mass is 9.90. The second-order valence-electron chi connectivity index (χ2n) is 13.5. The van der Waals surface area contributed by atoms with Crippen LogP contribution in [-0.2, 0) is 0 Å². The Hall–Kier alpha value is -8.12. The van der Waals surface area contributed by atoms with E-state index in [1.54, 1.807) is 12.1 Å². The van der Waals surface area contributed by atoms with Crippen molar-refractivity contribution in [2.75, 3.05) is 0 Å². The lowest BCUT2D eigenvalue weighted by molar-refractivity contribution is 0.449. The number of hydrogen-bond acceptors (Lipinski definition) is 10. The third-order valence-corrected chi connectivity index (χ3v) is 9.40. The van der Waals surface area contributed by atoms with Crippen LogP contribution in [0.3, 0.4) is 0 Å². The molecule has 2 aliphatic heterocycles. The Morgan fingerprint density at radius 3 is 1.32 bits per heavy atom. The summed E-state index contributed by atoms with van der Waals surface area (Å²) in [5.41, 5.74) is 6.87. The highest BCUT2D eigenvalue weighted by molar-refractivity contribution is 6.11. The molecule has 12 nitrogen and oxygen atoms in total. The number of nitrogens with one attached hydrogen (secondary N) is 2. The van der Waals surface area contributed by atoms with Crippen LogP contribution in [0.2, 0.25) is 0 Å². The normalized spacial score (nSPS) is 12.2. The van der Waals surface area contributed by atoms with Crippen molar-refractivity contribution < 1.29 is 40.9 Å². The lowest BCUT2D eigenvalue weighted by Gasteiger charge is -2.14. The van der Waals surface area contributed by atoms with E-state index in [0.29, 0.717) is 72.6 Å². The zero-order valence-corrected chi connectivity index (χ0v) is 29.0. The van der Waals surface area contributed by atoms with E-state index in [1.807, 2.05) is 36.4 Å². The van der Waals surface area contributed by atoms with Crippen LogP contribution in [0.15, 0.2) is 103 Å². The van der Waals surface area contributed by atoms with Crippen LogP contribution in [0.5, 0.6) is 46.0 Å². The third kappa shape index (κ3) is 6.22. The largest absolute Gasteiger partial charge is 0.508 e. The van der Waals surface area contributed by atoms with Gasteiger partial charge in [-0.15, -0.1) is 0 Å². The molecule has 0 radical (unpaired) electrons. The second-order valence-corrected chi connectivity index (χ2v) is 13.5. The van der Waals surface area contributed by atoms with Crippen molar-refractivity contribution in [1.29, 1.82) is 0 Å². The zero-order chi connectivity index (χ0) is 38.8. The molecule has 5 heterocycles. The fourth-order valence-corrected chi connectivity index (χ4v) is 7.31. The summed E-state index contributed by atoms with van der Waals surface area (Å²) in [5, 5.41) is 86.4. The van der Waals surface area contributed by atoms with Gasteiger partial charge in [-0.25, -0.2) is 9.97 Å². The van der Waals surface area contributed by atoms with Gasteiger partial charge in [0.05, 0.1) is 28.3 Å². The van der Waals surface area contributed by atoms with Crippen LogP contribution in [-0.4, -0.2) is 60.8 Å². The zero-order valence-electron chi connectivity index (χ0n) is 29.0. The number of H-pyrrole nitrogens is 2. The van der Waals surface area contributed by atoms with Crippen LogP contribution in [0, 0.1) is 0 Å². The molecule has 3 aromatic heterocycles. The standard InChI is InChI=1S/C44H30N4O8/c49-30-5-21(6-31(50)17-30)38-15-29-14-27-2-1-25(45-27)13-26-3-4-28(46-26)16-39-40(22-7-32(51)18-33(52)8-22)41(23-9-34(53)19-35(54)10-23)44(48-39)42(43(38)47-29)24-11-36(55)20-37(56)12-24/h1-20,45,48-56H. The SMILES string of the molecule is Oc1cc(O)cc(C2=Cc3cc4ccc(cc5nc(cc6[nH]c(c(-c7cc(O)cc(O)c7)c2n3)c(-c2cc(O)cc(O)c2)c6-c2cc(O)cc(O)c2)C=C5)[nH]4)c1. The van der Waals surface area contributed by atoms with Crippen molar-refractivity contribution in [3.8, 4) is 79.4 Å². The molecule has 4 aromatic carbocycles. The number of phenolic OH excluding ortho intramolecular Hbond substituents is 8. The van der Waals surface area contributed by atoms with Gasteiger partial charge in [-0.1, -0.05) is 0 Å². The first-order valence-electron chi connectivity index (χ1n) is 17.2. The number of rotatable bonds is 4. The molecule has 0 amide bonds. The summed E-state index contributed by atoms with van der Waals surface area (Å²) < 4.78 is 0. The average molecular weight is 743 g/mol. The highest BCUT2D eigenvalue weighted by atomic mass is 16.3. The number of phenols is 8. The number of fused-ring (bicyclic) bond motifs is 8. The quantitative estimate of drug-likeness (QED) is 0.0826. The van der Waals surface area contributed by atoms with Gasteiger partial charge in [-0.2, -0.15) is 0 Å². The maximum Gasteiger partial charge on any atom is 0.119 e. The lowest BCUT2D eigenvalue weighted by Crippen LogP contribution is -1.93. The van der Waals surface area contributed by atoms with E-state index < -0.39 is 0 Å². The summed E-state index contributed by atoms with van der Waals surface area (Å²) >= 11 is 0. The molecule has 10 N–H and O–H groups in total. The first kappa shape index (κ1) is 33.7. The summed E-state index contributed by atoms with van der Waals surface area (Å²) in [5.74, 6) is -1.97. The van der Waals surface area contributed by atoms with Gasteiger partial charge in [0, 0.05) is 63.1 Å². The van der Waals surface area contributed by atoms with Gasteiger partial charge in [-0.05, 0) is 119 Å². The fraction of sp³-hybridized carbons (Fsp3) is 0. The van der Waals surface area contributed by atoms with Crippen molar-refractivity contribution in [3.05, 3.63) is 131 Å². The van der Waals surface area contributed by atoms with Crippen LogP contribution in [0.4, 0.5) is 0 Å². The minimum Gasteiger partial charge on any atom is -0.508 e. The minimum absolute atomic E-state index is 0.211. The molecule has 0 saturated heterocycles. The molecule has 2 aliphatic rings. The molecule has 0 aliphatic carbocycles. The van der Waals surface area contributed by atoms with Gasteiger partial charge >= 0.3 is 0 Å². The van der Waals surface area contributed by atoms with E-state index in [0.717, 1.165) is 5.52 Å². The van der Waals surface area contributed by atoms with E-state index in [1.165, 1.54) is 72.8 Å². The Balaban J connectivity index is 1.58. The number of aromatic hydroxyl groups is 8. The summed E-state index contributed by atoms with van der Waals surface area (Å²) in [7, 11) is 0. The molecular formula is C44H30N4O8. The predicted molar refractivity (Wildman–Crippen MR) is 213 cm³/mol. The molecule has 8 bridgehead atoms. The molecule has 56 heavy (non-hydrogen) atoms. The average Bonchev–Trinajstić information content (AvgIpc) is 3.91. The van der Waals surface area contributed by atoms with Crippen LogP contribution < -0.4 is 0 Å². The summed E-state index contributed by atoms with van der Waals surface area (Å²) in [6.45, 7) is 0. The predicted octanol–water partition coefficient (Wildman–Crippen LogP) is 8.72. The molecule has 9 rings (SSSR count). The molecule has 0 spiro atoms. The topological polar surface area (TPSA) is 219 Å². The van der Waals surface area contributed by atoms with Crippen molar-refractivity contribution >= 4 is 45.9 Å². The van der Waals surface area contributed by atoms with Crippen molar-refractivity contribution in [3.63, 3.8) is 0 Å². The van der Waals surface area contributed by atoms with Gasteiger partial charge in [0.1, 0.15) is 46.0 Å². The van der Waals surface area contributed by atoms with Crippen molar-refractivity contribution in [1.82, 2.24) is 19.9 Å². The van der Waals surface area contributed by atoms with Crippen LogP contribution in [0.1, 0.15) is 28.3 Å². The minimum atomic E-state index is -0.272. The molecule has 0 unspecified atom stereocenters. The van der Waals surface area contributed by atoms with Crippen molar-refractivity contribution in [2.45, 2.75) is 0 Å². The van der Waals surface area contributed by atoms with E-state index >= 15 is 0 Å². The third-order valence-electron chi connectivity index (χ3n) is 9.40. The van der Waals surface area contributed by atoms with E-state index in [9.17, 15) is 40.9 Å². The first-order valence-corrected chi connectivity index (χ1v) is 17.2. The molecule has 0 saturated carbocycles. The maximum atomic E-state index is 10.9. The fourth-order valence-electron chi connectivity index (χ4n) is 7.31. The molecule has 7 aromatic rings. The van der Waals surface area contributed by atoms with E-state index in [-0.39, 0.29) is 57.3 Å². The first-order chi connectivity index (χ1) is 26.9. The van der Waals surface area contributed by atoms with Crippen LogP contribution in [0.25, 0.3) is 79.2 Å². The van der Waals surface area contributed by atoms with E-state index in [4.69, 9.17) is 9.97 Å². The Morgan fingerprint density at radius 2 is 0.804 bits per heavy atom. The Labute approximate surface area is 316 Å². The monoisotopic (exact) mass is 742 g/mol. The Bertz CT molecular complexity index is 2950. The number of nitrogens with zero attached hydrogens (tertiary/aromatic N) is 2. The van der Waals surface area contributed by atoms with Gasteiger partial charge in [0.15, 0.2) is 0 Å².